The third-order valence-electron chi connectivity index (χ3n) is 6.56. The molecule has 2 aromatic carbocycles. The fourth-order valence-electron chi connectivity index (χ4n) is 4.79. The molecule has 174 valence electrons. The molecule has 0 aromatic heterocycles. The number of unbranched alkanes of at least 4 members (excludes halogenated alkanes) is 6. The number of benzene rings is 2. The highest BCUT2D eigenvalue weighted by molar-refractivity contribution is 6.28. The summed E-state index contributed by atoms with van der Waals surface area (Å²) >= 11 is 0. The minimum Gasteiger partial charge on any atom is -0.385 e. The fraction of sp³-hybridized carbons (Fsp3) is 0.462. The van der Waals surface area contributed by atoms with Crippen molar-refractivity contribution < 1.29 is 19.2 Å². The van der Waals surface area contributed by atoms with Gasteiger partial charge in [0.05, 0.1) is 0 Å². The molecule has 1 unspecified atom stereocenters. The first-order valence-corrected chi connectivity index (χ1v) is 12.0. The normalized spacial score (nSPS) is 18.1. The Kier molecular flexibility index (Phi) is 7.06. The van der Waals surface area contributed by atoms with Gasteiger partial charge >= 0.3 is 0 Å². The van der Waals surface area contributed by atoms with E-state index in [4.69, 9.17) is 0 Å². The SMILES string of the molecule is CCCCCCCCCNc1ccc2c3c(cccc13)C(=O)N(C1CCC(=O)NC1=O)C2=O. The summed E-state index contributed by atoms with van der Waals surface area (Å²) in [6.45, 7) is 3.05. The van der Waals surface area contributed by atoms with Gasteiger partial charge in [-0.3, -0.25) is 29.4 Å². The predicted molar refractivity (Wildman–Crippen MR) is 127 cm³/mol. The summed E-state index contributed by atoms with van der Waals surface area (Å²) in [5, 5.41) is 7.17. The number of hydrogen-bond donors (Lipinski definition) is 2. The standard InChI is InChI=1S/C26H31N3O4/c1-2-3-4-5-6-7-8-16-27-20-13-12-19-23-17(20)10-9-11-18(23)25(32)29(26(19)33)21-14-15-22(30)28-24(21)31/h9-13,21,27H,2-8,14-16H2,1H3,(H,28,30,31). The maximum atomic E-state index is 13.3. The molecule has 0 spiro atoms. The number of nitrogens with zero attached hydrogens (tertiary/aromatic N) is 1. The zero-order valence-corrected chi connectivity index (χ0v) is 19.1. The van der Waals surface area contributed by atoms with Crippen LogP contribution in [-0.4, -0.2) is 41.1 Å². The Labute approximate surface area is 193 Å². The van der Waals surface area contributed by atoms with Gasteiger partial charge in [0.1, 0.15) is 6.04 Å². The van der Waals surface area contributed by atoms with Crippen LogP contribution < -0.4 is 10.6 Å². The molecule has 0 radical (unpaired) electrons. The maximum Gasteiger partial charge on any atom is 0.262 e. The van der Waals surface area contributed by atoms with E-state index in [2.05, 4.69) is 17.6 Å². The van der Waals surface area contributed by atoms with Crippen molar-refractivity contribution >= 4 is 40.1 Å². The first-order valence-electron chi connectivity index (χ1n) is 12.0. The van der Waals surface area contributed by atoms with Gasteiger partial charge in [-0.15, -0.1) is 0 Å². The van der Waals surface area contributed by atoms with Gasteiger partial charge in [0.15, 0.2) is 0 Å². The number of carbonyl (C=O) groups is 4. The average Bonchev–Trinajstić information content (AvgIpc) is 2.81. The van der Waals surface area contributed by atoms with Gasteiger partial charge in [0.2, 0.25) is 11.8 Å². The van der Waals surface area contributed by atoms with Gasteiger partial charge in [-0.2, -0.15) is 0 Å². The van der Waals surface area contributed by atoms with E-state index in [0.29, 0.717) is 16.5 Å². The van der Waals surface area contributed by atoms with Crippen LogP contribution in [0.4, 0.5) is 5.69 Å². The van der Waals surface area contributed by atoms with Gasteiger partial charge in [-0.05, 0) is 31.0 Å². The molecule has 4 rings (SSSR count). The summed E-state index contributed by atoms with van der Waals surface area (Å²) < 4.78 is 0. The Hall–Kier alpha value is -3.22. The average molecular weight is 450 g/mol. The van der Waals surface area contributed by atoms with E-state index in [1.165, 1.54) is 38.5 Å². The van der Waals surface area contributed by atoms with Crippen molar-refractivity contribution in [3.05, 3.63) is 41.5 Å². The van der Waals surface area contributed by atoms with Crippen molar-refractivity contribution in [2.24, 2.45) is 0 Å². The molecular formula is C26H31N3O4. The Morgan fingerprint density at radius 2 is 1.61 bits per heavy atom. The quantitative estimate of drug-likeness (QED) is 0.414. The molecule has 2 aromatic rings. The number of anilines is 1. The summed E-state index contributed by atoms with van der Waals surface area (Å²) in [5.74, 6) is -1.96. The minimum atomic E-state index is -0.971. The van der Waals surface area contributed by atoms with Gasteiger partial charge < -0.3 is 5.32 Å². The van der Waals surface area contributed by atoms with Crippen molar-refractivity contribution in [1.29, 1.82) is 0 Å². The maximum absolute atomic E-state index is 13.3. The van der Waals surface area contributed by atoms with Gasteiger partial charge in [-0.1, -0.05) is 57.6 Å². The highest BCUT2D eigenvalue weighted by atomic mass is 16.2. The lowest BCUT2D eigenvalue weighted by Gasteiger charge is -2.34. The Balaban J connectivity index is 1.51. The Morgan fingerprint density at radius 1 is 0.909 bits per heavy atom. The van der Waals surface area contributed by atoms with Gasteiger partial charge in [0.25, 0.3) is 11.8 Å². The minimum absolute atomic E-state index is 0.103. The Bertz CT molecular complexity index is 1070. The number of hydrogen-bond acceptors (Lipinski definition) is 5. The molecule has 1 atom stereocenters. The molecule has 2 N–H and O–H groups in total. The van der Waals surface area contributed by atoms with Crippen molar-refractivity contribution in [1.82, 2.24) is 10.2 Å². The molecule has 33 heavy (non-hydrogen) atoms. The summed E-state index contributed by atoms with van der Waals surface area (Å²) in [6, 6.07) is 8.04. The van der Waals surface area contributed by atoms with Crippen molar-refractivity contribution in [2.45, 2.75) is 70.8 Å². The summed E-state index contributed by atoms with van der Waals surface area (Å²) in [4.78, 5) is 51.4. The highest BCUT2D eigenvalue weighted by Crippen LogP contribution is 2.35. The first-order chi connectivity index (χ1) is 16.0. The summed E-state index contributed by atoms with van der Waals surface area (Å²) in [5.41, 5.74) is 1.72. The van der Waals surface area contributed by atoms with Gasteiger partial charge in [-0.25, -0.2) is 0 Å². The van der Waals surface area contributed by atoms with Crippen LogP contribution in [0.5, 0.6) is 0 Å². The van der Waals surface area contributed by atoms with Crippen LogP contribution in [-0.2, 0) is 9.59 Å². The molecular weight excluding hydrogens is 418 g/mol. The molecule has 1 saturated heterocycles. The second-order valence-corrected chi connectivity index (χ2v) is 8.88. The van der Waals surface area contributed by atoms with Gasteiger partial charge in [0, 0.05) is 40.6 Å². The molecule has 7 nitrogen and oxygen atoms in total. The zero-order chi connectivity index (χ0) is 23.4. The number of piperidine rings is 1. The smallest absolute Gasteiger partial charge is 0.262 e. The molecule has 0 aliphatic carbocycles. The van der Waals surface area contributed by atoms with Crippen LogP contribution in [0.15, 0.2) is 30.3 Å². The summed E-state index contributed by atoms with van der Waals surface area (Å²) in [6.07, 6.45) is 8.87. The Morgan fingerprint density at radius 3 is 2.33 bits per heavy atom. The third kappa shape index (κ3) is 4.63. The number of nitrogens with one attached hydrogen (secondary N) is 2. The van der Waals surface area contributed by atoms with E-state index >= 15 is 0 Å². The van der Waals surface area contributed by atoms with E-state index in [-0.39, 0.29) is 18.7 Å². The van der Waals surface area contributed by atoms with Crippen molar-refractivity contribution in [3.63, 3.8) is 0 Å². The predicted octanol–water partition coefficient (Wildman–Crippen LogP) is 4.40. The van der Waals surface area contributed by atoms with Crippen molar-refractivity contribution in [2.75, 3.05) is 11.9 Å². The van der Waals surface area contributed by atoms with Crippen LogP contribution in [0.25, 0.3) is 10.8 Å². The van der Waals surface area contributed by atoms with Crippen molar-refractivity contribution in [3.8, 4) is 0 Å². The van der Waals surface area contributed by atoms with Crippen LogP contribution in [0, 0.1) is 0 Å². The highest BCUT2D eigenvalue weighted by Gasteiger charge is 2.42. The van der Waals surface area contributed by atoms with Crippen LogP contribution in [0.2, 0.25) is 0 Å². The third-order valence-corrected chi connectivity index (χ3v) is 6.56. The number of amides is 4. The summed E-state index contributed by atoms with van der Waals surface area (Å²) in [7, 11) is 0. The molecule has 2 aliphatic heterocycles. The fourth-order valence-corrected chi connectivity index (χ4v) is 4.79. The molecule has 2 aliphatic rings. The monoisotopic (exact) mass is 449 g/mol. The van der Waals surface area contributed by atoms with Crippen LogP contribution >= 0.6 is 0 Å². The van der Waals surface area contributed by atoms with E-state index < -0.39 is 23.8 Å². The number of carbonyl (C=O) groups excluding carboxylic acids is 4. The number of rotatable bonds is 10. The number of imide groups is 2. The van der Waals surface area contributed by atoms with E-state index in [1.807, 2.05) is 12.1 Å². The zero-order valence-electron chi connectivity index (χ0n) is 19.1. The van der Waals surface area contributed by atoms with Crippen LogP contribution in [0.1, 0.15) is 85.4 Å². The lowest BCUT2D eigenvalue weighted by Crippen LogP contribution is -2.57. The topological polar surface area (TPSA) is 95.6 Å². The molecule has 0 bridgehead atoms. The van der Waals surface area contributed by atoms with E-state index in [1.54, 1.807) is 18.2 Å². The largest absolute Gasteiger partial charge is 0.385 e. The molecule has 2 heterocycles. The second-order valence-electron chi connectivity index (χ2n) is 8.88. The molecule has 0 saturated carbocycles. The lowest BCUT2D eigenvalue weighted by atomic mass is 9.91. The van der Waals surface area contributed by atoms with E-state index in [9.17, 15) is 19.2 Å². The molecule has 1 fully saturated rings. The van der Waals surface area contributed by atoms with E-state index in [0.717, 1.165) is 28.9 Å². The molecule has 4 amide bonds. The second kappa shape index (κ2) is 10.1. The first kappa shape index (κ1) is 23.0. The lowest BCUT2D eigenvalue weighted by molar-refractivity contribution is -0.136. The van der Waals surface area contributed by atoms with Crippen LogP contribution in [0.3, 0.4) is 0 Å². The molecule has 7 heteroatoms.